The van der Waals surface area contributed by atoms with Crippen LogP contribution in [0.1, 0.15) is 12.8 Å². The second-order valence-electron chi connectivity index (χ2n) is 2.93. The second kappa shape index (κ2) is 4.56. The predicted molar refractivity (Wildman–Crippen MR) is 48.7 cm³/mol. The molecule has 1 atom stereocenters. The van der Waals surface area contributed by atoms with Gasteiger partial charge in [-0.25, -0.2) is 4.21 Å². The Morgan fingerprint density at radius 2 is 2.17 bits per heavy atom. The molecule has 3 nitrogen and oxygen atoms in total. The minimum atomic E-state index is -1.31. The van der Waals surface area contributed by atoms with Crippen molar-refractivity contribution in [3.63, 3.8) is 0 Å². The van der Waals surface area contributed by atoms with Gasteiger partial charge in [0.05, 0.1) is 11.4 Å². The molecule has 0 bridgehead atoms. The van der Waals surface area contributed by atoms with Gasteiger partial charge in [0.15, 0.2) is 0 Å². The molecule has 5 heteroatoms. The van der Waals surface area contributed by atoms with E-state index in [1.165, 1.54) is 0 Å². The number of ether oxygens (including phenoxy) is 2. The first-order chi connectivity index (χ1) is 5.68. The van der Waals surface area contributed by atoms with Crippen molar-refractivity contribution in [2.75, 3.05) is 26.1 Å². The van der Waals surface area contributed by atoms with Crippen molar-refractivity contribution in [1.82, 2.24) is 0 Å². The molecule has 0 N–H and O–H groups in total. The molecule has 1 saturated heterocycles. The summed E-state index contributed by atoms with van der Waals surface area (Å²) >= 11 is 0. The standard InChI is InChI=1S/C7H13ClO3S/c1-10-7(6-12(8)9)2-4-11-5-3-7/h2-6H2,1H3. The lowest BCUT2D eigenvalue weighted by Crippen LogP contribution is -2.42. The van der Waals surface area contributed by atoms with Crippen LogP contribution < -0.4 is 0 Å². The van der Waals surface area contributed by atoms with Crippen molar-refractivity contribution in [2.45, 2.75) is 18.4 Å². The number of halogens is 1. The molecule has 0 spiro atoms. The van der Waals surface area contributed by atoms with Gasteiger partial charge in [0, 0.05) is 33.2 Å². The fourth-order valence-corrected chi connectivity index (χ4v) is 2.77. The molecule has 0 saturated carbocycles. The van der Waals surface area contributed by atoms with Crippen molar-refractivity contribution in [2.24, 2.45) is 0 Å². The molecule has 1 fully saturated rings. The molecule has 1 heterocycles. The minimum absolute atomic E-state index is 0.315. The van der Waals surface area contributed by atoms with E-state index in [1.54, 1.807) is 7.11 Å². The molecule has 1 rings (SSSR count). The maximum Gasteiger partial charge on any atom is 0.117 e. The van der Waals surface area contributed by atoms with E-state index in [9.17, 15) is 4.21 Å². The summed E-state index contributed by atoms with van der Waals surface area (Å²) in [5.74, 6) is 0.397. The van der Waals surface area contributed by atoms with E-state index >= 15 is 0 Å². The van der Waals surface area contributed by atoms with Crippen LogP contribution in [0.4, 0.5) is 0 Å². The molecule has 0 aromatic rings. The van der Waals surface area contributed by atoms with Gasteiger partial charge in [0.25, 0.3) is 0 Å². The Hall–Kier alpha value is 0.360. The van der Waals surface area contributed by atoms with Crippen LogP contribution in [0.15, 0.2) is 0 Å². The van der Waals surface area contributed by atoms with Crippen molar-refractivity contribution < 1.29 is 13.7 Å². The number of hydrogen-bond donors (Lipinski definition) is 0. The first-order valence-corrected chi connectivity index (χ1v) is 6.01. The first kappa shape index (κ1) is 10.4. The maximum absolute atomic E-state index is 10.8. The van der Waals surface area contributed by atoms with E-state index in [4.69, 9.17) is 20.2 Å². The predicted octanol–water partition coefficient (Wildman–Crippen LogP) is 1.08. The van der Waals surface area contributed by atoms with Gasteiger partial charge in [0.2, 0.25) is 0 Å². The summed E-state index contributed by atoms with van der Waals surface area (Å²) < 4.78 is 21.3. The van der Waals surface area contributed by atoms with Crippen LogP contribution in [-0.4, -0.2) is 35.9 Å². The van der Waals surface area contributed by atoms with Gasteiger partial charge in [0.1, 0.15) is 10.0 Å². The highest BCUT2D eigenvalue weighted by molar-refractivity contribution is 8.08. The highest BCUT2D eigenvalue weighted by Crippen LogP contribution is 2.25. The Bertz CT molecular complexity index is 168. The summed E-state index contributed by atoms with van der Waals surface area (Å²) in [5, 5.41) is 0. The molecule has 1 unspecified atom stereocenters. The van der Waals surface area contributed by atoms with Crippen LogP contribution >= 0.6 is 10.7 Å². The summed E-state index contributed by atoms with van der Waals surface area (Å²) in [6, 6.07) is 0. The van der Waals surface area contributed by atoms with Crippen LogP contribution in [0.25, 0.3) is 0 Å². The molecule has 0 aromatic carbocycles. The Balaban J connectivity index is 2.53. The van der Waals surface area contributed by atoms with Crippen LogP contribution in [-0.2, 0) is 19.5 Å². The van der Waals surface area contributed by atoms with Crippen LogP contribution in [0.3, 0.4) is 0 Å². The monoisotopic (exact) mass is 212 g/mol. The lowest BCUT2D eigenvalue weighted by Gasteiger charge is -2.34. The van der Waals surface area contributed by atoms with Gasteiger partial charge >= 0.3 is 0 Å². The lowest BCUT2D eigenvalue weighted by atomic mass is 9.97. The van der Waals surface area contributed by atoms with Crippen LogP contribution in [0.2, 0.25) is 0 Å². The Labute approximate surface area is 79.3 Å². The Kier molecular flexibility index (Phi) is 3.96. The second-order valence-corrected chi connectivity index (χ2v) is 4.84. The lowest BCUT2D eigenvalue weighted by molar-refractivity contribution is -0.0744. The zero-order chi connectivity index (χ0) is 9.03. The summed E-state index contributed by atoms with van der Waals surface area (Å²) in [4.78, 5) is 0. The fourth-order valence-electron chi connectivity index (χ4n) is 1.36. The van der Waals surface area contributed by atoms with Crippen molar-refractivity contribution in [3.8, 4) is 0 Å². The molecule has 0 amide bonds. The van der Waals surface area contributed by atoms with E-state index in [0.29, 0.717) is 19.0 Å². The largest absolute Gasteiger partial charge is 0.381 e. The third-order valence-corrected chi connectivity index (χ3v) is 3.29. The van der Waals surface area contributed by atoms with Crippen molar-refractivity contribution in [1.29, 1.82) is 0 Å². The topological polar surface area (TPSA) is 35.5 Å². The number of rotatable bonds is 3. The Morgan fingerprint density at radius 3 is 2.58 bits per heavy atom. The average Bonchev–Trinajstić information content (AvgIpc) is 2.05. The SMILES string of the molecule is COC1(CS(=O)Cl)CCOCC1. The normalized spacial score (nSPS) is 25.2. The zero-order valence-electron chi connectivity index (χ0n) is 7.05. The average molecular weight is 213 g/mol. The maximum atomic E-state index is 10.8. The first-order valence-electron chi connectivity index (χ1n) is 3.86. The number of hydrogen-bond acceptors (Lipinski definition) is 3. The van der Waals surface area contributed by atoms with Crippen LogP contribution in [0.5, 0.6) is 0 Å². The van der Waals surface area contributed by atoms with Crippen molar-refractivity contribution >= 4 is 20.7 Å². The third-order valence-electron chi connectivity index (χ3n) is 2.21. The molecular formula is C7H13ClO3S. The summed E-state index contributed by atoms with van der Waals surface area (Å²) in [6.07, 6.45) is 1.56. The Morgan fingerprint density at radius 1 is 1.58 bits per heavy atom. The quantitative estimate of drug-likeness (QED) is 0.657. The van der Waals surface area contributed by atoms with E-state index in [-0.39, 0.29) is 5.60 Å². The highest BCUT2D eigenvalue weighted by Gasteiger charge is 2.33. The summed E-state index contributed by atoms with van der Waals surface area (Å²) in [5.41, 5.74) is -0.315. The smallest absolute Gasteiger partial charge is 0.117 e. The van der Waals surface area contributed by atoms with Gasteiger partial charge in [-0.15, -0.1) is 0 Å². The van der Waals surface area contributed by atoms with Crippen LogP contribution in [0, 0.1) is 0 Å². The summed E-state index contributed by atoms with van der Waals surface area (Å²) in [6.45, 7) is 1.34. The molecule has 72 valence electrons. The zero-order valence-corrected chi connectivity index (χ0v) is 8.62. The van der Waals surface area contributed by atoms with Gasteiger partial charge < -0.3 is 9.47 Å². The molecule has 0 radical (unpaired) electrons. The molecule has 0 aliphatic carbocycles. The van der Waals surface area contributed by atoms with Gasteiger partial charge in [-0.05, 0) is 10.7 Å². The molecule has 1 aliphatic rings. The van der Waals surface area contributed by atoms with E-state index < -0.39 is 10.0 Å². The van der Waals surface area contributed by atoms with E-state index in [2.05, 4.69) is 0 Å². The number of methoxy groups -OCH3 is 1. The van der Waals surface area contributed by atoms with Gasteiger partial charge in [-0.1, -0.05) is 0 Å². The van der Waals surface area contributed by atoms with E-state index in [1.807, 2.05) is 0 Å². The van der Waals surface area contributed by atoms with E-state index in [0.717, 1.165) is 12.8 Å². The van der Waals surface area contributed by atoms with Gasteiger partial charge in [-0.3, -0.25) is 0 Å². The molecule has 0 aromatic heterocycles. The summed E-state index contributed by atoms with van der Waals surface area (Å²) in [7, 11) is 5.75. The highest BCUT2D eigenvalue weighted by atomic mass is 35.7. The molecule has 12 heavy (non-hydrogen) atoms. The fraction of sp³-hybridized carbons (Fsp3) is 1.00. The molecular weight excluding hydrogens is 200 g/mol. The molecule has 1 aliphatic heterocycles. The minimum Gasteiger partial charge on any atom is -0.381 e. The van der Waals surface area contributed by atoms with Gasteiger partial charge in [-0.2, -0.15) is 0 Å². The van der Waals surface area contributed by atoms with Crippen molar-refractivity contribution in [3.05, 3.63) is 0 Å². The third kappa shape index (κ3) is 2.69.